The zero-order chi connectivity index (χ0) is 24.2. The number of imidazole rings is 1. The summed E-state index contributed by atoms with van der Waals surface area (Å²) in [6, 6.07) is -0.0200. The first-order valence-corrected chi connectivity index (χ1v) is 9.83. The summed E-state index contributed by atoms with van der Waals surface area (Å²) in [5.74, 6) is 8.67. The molecule has 1 aliphatic rings. The molecule has 0 spiro atoms. The van der Waals surface area contributed by atoms with Crippen molar-refractivity contribution in [3.05, 3.63) is 10.4 Å². The van der Waals surface area contributed by atoms with E-state index in [9.17, 15) is 22.8 Å². The normalized spacial score (nSPS) is 15.9. The molecule has 1 saturated heterocycles. The number of nitrogens with one attached hydrogen (secondary N) is 1. The van der Waals surface area contributed by atoms with Gasteiger partial charge in [0.15, 0.2) is 24.0 Å². The molecule has 13 heteroatoms. The van der Waals surface area contributed by atoms with E-state index in [1.54, 1.807) is 13.8 Å². The van der Waals surface area contributed by atoms with Gasteiger partial charge >= 0.3 is 18.2 Å². The van der Waals surface area contributed by atoms with Gasteiger partial charge in [-0.3, -0.25) is 13.9 Å². The summed E-state index contributed by atoms with van der Waals surface area (Å²) in [6.45, 7) is 3.74. The molecule has 0 aromatic carbocycles. The third-order valence-electron chi connectivity index (χ3n) is 4.72. The lowest BCUT2D eigenvalue weighted by Crippen LogP contribution is -2.55. The van der Waals surface area contributed by atoms with Crippen LogP contribution in [0.5, 0.6) is 6.01 Å². The van der Waals surface area contributed by atoms with Gasteiger partial charge in [-0.25, -0.2) is 4.79 Å². The summed E-state index contributed by atoms with van der Waals surface area (Å²) in [6.07, 6.45) is -6.46. The quantitative estimate of drug-likeness (QED) is 0.499. The number of piperazine rings is 1. The molecule has 1 unspecified atom stereocenters. The molecule has 176 valence electrons. The zero-order valence-corrected chi connectivity index (χ0v) is 18.1. The number of hydrogen-bond acceptors (Lipinski definition) is 8. The molecule has 2 aromatic rings. The van der Waals surface area contributed by atoms with Gasteiger partial charge in [0.05, 0.1) is 13.1 Å². The van der Waals surface area contributed by atoms with Crippen molar-refractivity contribution in [3.8, 4) is 29.7 Å². The highest BCUT2D eigenvalue weighted by Crippen LogP contribution is 2.25. The van der Waals surface area contributed by atoms with E-state index in [1.165, 1.54) is 21.1 Å². The van der Waals surface area contributed by atoms with E-state index in [-0.39, 0.29) is 49.4 Å². The fraction of sp³-hybridized carbons (Fsp3) is 0.500. The molecule has 0 amide bonds. The maximum absolute atomic E-state index is 13.1. The predicted molar refractivity (Wildman–Crippen MR) is 111 cm³/mol. The molecule has 0 radical (unpaired) electrons. The van der Waals surface area contributed by atoms with Crippen molar-refractivity contribution < 1.29 is 27.4 Å². The second-order valence-corrected chi connectivity index (χ2v) is 6.83. The van der Waals surface area contributed by atoms with Gasteiger partial charge in [-0.1, -0.05) is 11.8 Å². The van der Waals surface area contributed by atoms with Crippen LogP contribution >= 0.6 is 0 Å². The fourth-order valence-electron chi connectivity index (χ4n) is 3.16. The molecule has 2 aromatic heterocycles. The third kappa shape index (κ3) is 5.04. The largest absolute Gasteiger partial charge is 0.491 e. The van der Waals surface area contributed by atoms with E-state index in [4.69, 9.17) is 4.74 Å². The molecule has 1 atom stereocenters. The minimum Gasteiger partial charge on any atom is -0.451 e. The Morgan fingerprint density at radius 3 is 2.64 bits per heavy atom. The number of fused-ring (bicyclic) bond motifs is 1. The highest BCUT2D eigenvalue weighted by atomic mass is 19.4. The molecule has 3 rings (SSSR count). The summed E-state index contributed by atoms with van der Waals surface area (Å²) >= 11 is 0. The van der Waals surface area contributed by atoms with Gasteiger partial charge in [0.2, 0.25) is 5.95 Å². The van der Waals surface area contributed by atoms with Crippen molar-refractivity contribution in [2.45, 2.75) is 32.8 Å². The van der Waals surface area contributed by atoms with Gasteiger partial charge in [-0.2, -0.15) is 23.1 Å². The Morgan fingerprint density at radius 1 is 1.24 bits per heavy atom. The molecule has 10 nitrogen and oxygen atoms in total. The number of ether oxygens (including phenoxy) is 2. The van der Waals surface area contributed by atoms with Crippen molar-refractivity contribution >= 4 is 23.1 Å². The van der Waals surface area contributed by atoms with Crippen LogP contribution in [0.15, 0.2) is 4.79 Å². The molecule has 1 N–H and O–H groups in total. The zero-order valence-electron chi connectivity index (χ0n) is 18.1. The minimum absolute atomic E-state index is 0.00439. The van der Waals surface area contributed by atoms with Crippen molar-refractivity contribution in [1.82, 2.24) is 24.4 Å². The fourth-order valence-corrected chi connectivity index (χ4v) is 3.16. The lowest BCUT2D eigenvalue weighted by atomic mass is 10.3. The Kier molecular flexibility index (Phi) is 7.13. The number of carbonyl (C=O) groups is 1. The number of halogens is 3. The van der Waals surface area contributed by atoms with Crippen LogP contribution in [-0.4, -0.2) is 63.7 Å². The van der Waals surface area contributed by atoms with E-state index in [0.29, 0.717) is 6.54 Å². The number of aromatic nitrogens is 4. The van der Waals surface area contributed by atoms with Gasteiger partial charge in [0.1, 0.15) is 0 Å². The van der Waals surface area contributed by atoms with Crippen LogP contribution in [0.25, 0.3) is 11.2 Å². The van der Waals surface area contributed by atoms with Gasteiger partial charge in [-0.05, 0) is 13.8 Å². The molecule has 1 aliphatic heterocycles. The Balaban J connectivity index is 2.12. The summed E-state index contributed by atoms with van der Waals surface area (Å²) in [5.41, 5.74) is -0.386. The number of alkyl halides is 3. The van der Waals surface area contributed by atoms with Crippen molar-refractivity contribution in [1.29, 1.82) is 0 Å². The van der Waals surface area contributed by atoms with Crippen LogP contribution in [0.1, 0.15) is 13.8 Å². The second kappa shape index (κ2) is 9.83. The number of anilines is 1. The smallest absolute Gasteiger partial charge is 0.451 e. The Morgan fingerprint density at radius 2 is 1.97 bits per heavy atom. The second-order valence-electron chi connectivity index (χ2n) is 6.83. The first-order valence-electron chi connectivity index (χ1n) is 9.83. The number of rotatable bonds is 5. The Hall–Kier alpha value is -3.71. The summed E-state index contributed by atoms with van der Waals surface area (Å²) in [4.78, 5) is 34.6. The van der Waals surface area contributed by atoms with Crippen LogP contribution in [-0.2, 0) is 23.1 Å². The highest BCUT2D eigenvalue weighted by Gasteiger charge is 2.44. The molecule has 1 fully saturated rings. The van der Waals surface area contributed by atoms with E-state index in [2.05, 4.69) is 43.7 Å². The van der Waals surface area contributed by atoms with Crippen LogP contribution in [0.3, 0.4) is 0 Å². The summed E-state index contributed by atoms with van der Waals surface area (Å²) in [5, 5.41) is 2.88. The summed E-state index contributed by atoms with van der Waals surface area (Å²) < 4.78 is 51.1. The number of esters is 1. The Bertz CT molecular complexity index is 1230. The number of carbonyl (C=O) groups excluding carboxylic acids is 1. The molecule has 3 heterocycles. The molecule has 33 heavy (non-hydrogen) atoms. The SMILES string of the molecule is CC#CCOc1nc2nc(N3CCNCC3OC(=O)C(F)(F)F)n(CC#CC)c2c(=O)n1C. The maximum atomic E-state index is 13.1. The molecular weight excluding hydrogens is 445 g/mol. The minimum atomic E-state index is -5.15. The van der Waals surface area contributed by atoms with Gasteiger partial charge < -0.3 is 19.7 Å². The van der Waals surface area contributed by atoms with E-state index < -0.39 is 23.9 Å². The molecule has 0 saturated carbocycles. The Labute approximate surface area is 186 Å². The number of nitrogens with zero attached hydrogens (tertiary/aromatic N) is 5. The van der Waals surface area contributed by atoms with E-state index in [1.807, 2.05) is 0 Å². The van der Waals surface area contributed by atoms with Gasteiger partial charge in [0.25, 0.3) is 5.56 Å². The van der Waals surface area contributed by atoms with Crippen LogP contribution < -0.4 is 20.5 Å². The predicted octanol–water partition coefficient (Wildman–Crippen LogP) is 0.397. The first-order chi connectivity index (χ1) is 15.7. The first kappa shape index (κ1) is 23.9. The maximum Gasteiger partial charge on any atom is 0.491 e. The standard InChI is InChI=1S/C20H21F3N6O4/c1-4-6-9-29-14-15(26-19(27(3)16(14)30)32-11-7-5-2)25-18(29)28-10-8-24-12-13(28)33-17(31)20(21,22)23/h13,24H,8-12H2,1-3H3. The van der Waals surface area contributed by atoms with E-state index >= 15 is 0 Å². The van der Waals surface area contributed by atoms with Crippen LogP contribution in [0, 0.1) is 23.7 Å². The topological polar surface area (TPSA) is 104 Å². The van der Waals surface area contributed by atoms with Gasteiger partial charge in [-0.15, -0.1) is 11.8 Å². The monoisotopic (exact) mass is 466 g/mol. The lowest BCUT2D eigenvalue weighted by Gasteiger charge is -2.36. The average Bonchev–Trinajstić information content (AvgIpc) is 3.13. The molecular formula is C20H21F3N6O4. The molecule has 0 bridgehead atoms. The average molecular weight is 466 g/mol. The highest BCUT2D eigenvalue weighted by molar-refractivity contribution is 5.77. The van der Waals surface area contributed by atoms with Crippen molar-refractivity contribution in [3.63, 3.8) is 0 Å². The number of hydrogen-bond donors (Lipinski definition) is 1. The van der Waals surface area contributed by atoms with Gasteiger partial charge in [0, 0.05) is 20.1 Å². The van der Waals surface area contributed by atoms with Crippen LogP contribution in [0.2, 0.25) is 0 Å². The van der Waals surface area contributed by atoms with Crippen LogP contribution in [0.4, 0.5) is 19.1 Å². The van der Waals surface area contributed by atoms with E-state index in [0.717, 1.165) is 0 Å². The van der Waals surface area contributed by atoms with Crippen molar-refractivity contribution in [2.75, 3.05) is 31.1 Å². The molecule has 0 aliphatic carbocycles. The summed E-state index contributed by atoms with van der Waals surface area (Å²) in [7, 11) is 1.46. The lowest BCUT2D eigenvalue weighted by molar-refractivity contribution is -0.205. The third-order valence-corrected chi connectivity index (χ3v) is 4.72. The van der Waals surface area contributed by atoms with Crippen molar-refractivity contribution in [2.24, 2.45) is 7.05 Å².